The standard InChI is InChI=1S/C16H15BrN4O/c1-9-6-12(4-5-14(9)17)19-16(22)11-7-13-10(2)20-21(3)15(13)18-8-11/h4-8H,1-3H3,(H,19,22). The number of nitrogens with one attached hydrogen (secondary N) is 1. The first kappa shape index (κ1) is 14.7. The van der Waals surface area contributed by atoms with Crippen molar-refractivity contribution in [2.24, 2.45) is 7.05 Å². The Kier molecular flexibility index (Phi) is 3.70. The van der Waals surface area contributed by atoms with Crippen LogP contribution in [0, 0.1) is 13.8 Å². The Morgan fingerprint density at radius 1 is 1.27 bits per heavy atom. The third-order valence-corrected chi connectivity index (χ3v) is 4.43. The first-order valence-corrected chi connectivity index (χ1v) is 7.62. The summed E-state index contributed by atoms with van der Waals surface area (Å²) in [5.41, 5.74) is 3.97. The fourth-order valence-electron chi connectivity index (χ4n) is 2.36. The van der Waals surface area contributed by atoms with Gasteiger partial charge in [0.2, 0.25) is 0 Å². The minimum Gasteiger partial charge on any atom is -0.322 e. The molecule has 2 aromatic heterocycles. The molecule has 6 heteroatoms. The minimum atomic E-state index is -0.181. The van der Waals surface area contributed by atoms with Crippen molar-refractivity contribution in [2.75, 3.05) is 5.32 Å². The molecule has 5 nitrogen and oxygen atoms in total. The van der Waals surface area contributed by atoms with Crippen molar-refractivity contribution in [2.45, 2.75) is 13.8 Å². The molecule has 0 saturated heterocycles. The summed E-state index contributed by atoms with van der Waals surface area (Å²) in [6, 6.07) is 7.52. The molecule has 0 aliphatic carbocycles. The average molecular weight is 359 g/mol. The van der Waals surface area contributed by atoms with Crippen LogP contribution in [0.15, 0.2) is 34.9 Å². The second-order valence-electron chi connectivity index (χ2n) is 5.22. The minimum absolute atomic E-state index is 0.181. The lowest BCUT2D eigenvalue weighted by Crippen LogP contribution is -2.12. The van der Waals surface area contributed by atoms with Crippen molar-refractivity contribution in [3.8, 4) is 0 Å². The van der Waals surface area contributed by atoms with E-state index in [2.05, 4.69) is 31.3 Å². The number of pyridine rings is 1. The van der Waals surface area contributed by atoms with Gasteiger partial charge in [-0.1, -0.05) is 15.9 Å². The van der Waals surface area contributed by atoms with Gasteiger partial charge in [-0.05, 0) is 43.7 Å². The third-order valence-electron chi connectivity index (χ3n) is 3.54. The Hall–Kier alpha value is -2.21. The van der Waals surface area contributed by atoms with Gasteiger partial charge in [-0.25, -0.2) is 4.98 Å². The number of hydrogen-bond acceptors (Lipinski definition) is 3. The number of amides is 1. The lowest BCUT2D eigenvalue weighted by atomic mass is 10.2. The Morgan fingerprint density at radius 3 is 2.77 bits per heavy atom. The predicted molar refractivity (Wildman–Crippen MR) is 90.1 cm³/mol. The van der Waals surface area contributed by atoms with Gasteiger partial charge in [0.25, 0.3) is 5.91 Å². The normalized spacial score (nSPS) is 10.9. The van der Waals surface area contributed by atoms with Crippen LogP contribution in [-0.4, -0.2) is 20.7 Å². The maximum Gasteiger partial charge on any atom is 0.257 e. The number of rotatable bonds is 2. The highest BCUT2D eigenvalue weighted by Gasteiger charge is 2.12. The van der Waals surface area contributed by atoms with Crippen LogP contribution in [0.5, 0.6) is 0 Å². The summed E-state index contributed by atoms with van der Waals surface area (Å²) in [6.07, 6.45) is 1.57. The number of fused-ring (bicyclic) bond motifs is 1. The van der Waals surface area contributed by atoms with E-state index < -0.39 is 0 Å². The van der Waals surface area contributed by atoms with Crippen molar-refractivity contribution in [1.29, 1.82) is 0 Å². The summed E-state index contributed by atoms with van der Waals surface area (Å²) in [7, 11) is 1.84. The smallest absolute Gasteiger partial charge is 0.257 e. The summed E-state index contributed by atoms with van der Waals surface area (Å²) < 4.78 is 2.73. The number of halogens is 1. The highest BCUT2D eigenvalue weighted by Crippen LogP contribution is 2.21. The van der Waals surface area contributed by atoms with Crippen LogP contribution in [0.4, 0.5) is 5.69 Å². The molecule has 0 radical (unpaired) electrons. The zero-order valence-electron chi connectivity index (χ0n) is 12.5. The van der Waals surface area contributed by atoms with E-state index in [1.165, 1.54) is 0 Å². The van der Waals surface area contributed by atoms with E-state index in [1.807, 2.05) is 45.2 Å². The Bertz CT molecular complexity index is 885. The molecule has 0 saturated carbocycles. The van der Waals surface area contributed by atoms with E-state index in [-0.39, 0.29) is 5.91 Å². The lowest BCUT2D eigenvalue weighted by molar-refractivity contribution is 0.102. The van der Waals surface area contributed by atoms with Gasteiger partial charge in [-0.15, -0.1) is 0 Å². The van der Waals surface area contributed by atoms with Crippen LogP contribution in [0.3, 0.4) is 0 Å². The van der Waals surface area contributed by atoms with Gasteiger partial charge >= 0.3 is 0 Å². The van der Waals surface area contributed by atoms with Crippen molar-refractivity contribution in [3.63, 3.8) is 0 Å². The first-order valence-electron chi connectivity index (χ1n) is 6.82. The molecule has 3 rings (SSSR count). The first-order chi connectivity index (χ1) is 10.5. The molecule has 1 amide bonds. The number of aromatic nitrogens is 3. The van der Waals surface area contributed by atoms with Crippen LogP contribution < -0.4 is 5.32 Å². The van der Waals surface area contributed by atoms with Crippen molar-refractivity contribution in [3.05, 3.63) is 51.8 Å². The second-order valence-corrected chi connectivity index (χ2v) is 6.08. The van der Waals surface area contributed by atoms with Crippen LogP contribution >= 0.6 is 15.9 Å². The number of carbonyl (C=O) groups is 1. The van der Waals surface area contributed by atoms with Crippen LogP contribution in [0.1, 0.15) is 21.6 Å². The van der Waals surface area contributed by atoms with Gasteiger partial charge in [0.05, 0.1) is 11.3 Å². The number of hydrogen-bond donors (Lipinski definition) is 1. The average Bonchev–Trinajstić information content (AvgIpc) is 2.77. The fraction of sp³-hybridized carbons (Fsp3) is 0.188. The monoisotopic (exact) mass is 358 g/mol. The Labute approximate surface area is 136 Å². The van der Waals surface area contributed by atoms with E-state index in [9.17, 15) is 4.79 Å². The number of benzene rings is 1. The molecule has 0 bridgehead atoms. The zero-order valence-corrected chi connectivity index (χ0v) is 14.1. The molecule has 0 atom stereocenters. The number of anilines is 1. The molecule has 1 N–H and O–H groups in total. The summed E-state index contributed by atoms with van der Waals surface area (Å²) >= 11 is 3.45. The number of aryl methyl sites for hydroxylation is 3. The van der Waals surface area contributed by atoms with Crippen molar-refractivity contribution >= 4 is 38.6 Å². The molecule has 0 spiro atoms. The molecule has 0 aliphatic rings. The maximum absolute atomic E-state index is 12.4. The van der Waals surface area contributed by atoms with Gasteiger partial charge in [-0.2, -0.15) is 5.10 Å². The van der Waals surface area contributed by atoms with Crippen LogP contribution in [0.25, 0.3) is 11.0 Å². The van der Waals surface area contributed by atoms with E-state index in [0.29, 0.717) is 5.56 Å². The molecule has 0 unspecified atom stereocenters. The summed E-state index contributed by atoms with van der Waals surface area (Å²) in [5, 5.41) is 8.09. The SMILES string of the molecule is Cc1cc(NC(=O)c2cnc3c(c2)c(C)nn3C)ccc1Br. The van der Waals surface area contributed by atoms with Crippen LogP contribution in [-0.2, 0) is 7.05 Å². The molecule has 0 fully saturated rings. The van der Waals surface area contributed by atoms with Crippen molar-refractivity contribution < 1.29 is 4.79 Å². The summed E-state index contributed by atoms with van der Waals surface area (Å²) in [4.78, 5) is 16.7. The van der Waals surface area contributed by atoms with E-state index >= 15 is 0 Å². The Morgan fingerprint density at radius 2 is 2.05 bits per heavy atom. The number of nitrogens with zero attached hydrogens (tertiary/aromatic N) is 3. The molecule has 2 heterocycles. The van der Waals surface area contributed by atoms with Gasteiger partial charge in [0.1, 0.15) is 0 Å². The van der Waals surface area contributed by atoms with E-state index in [4.69, 9.17) is 0 Å². The number of carbonyl (C=O) groups excluding carboxylic acids is 1. The van der Waals surface area contributed by atoms with E-state index in [1.54, 1.807) is 10.9 Å². The molecular weight excluding hydrogens is 344 g/mol. The maximum atomic E-state index is 12.4. The topological polar surface area (TPSA) is 59.8 Å². The van der Waals surface area contributed by atoms with Crippen LogP contribution in [0.2, 0.25) is 0 Å². The van der Waals surface area contributed by atoms with E-state index in [0.717, 1.165) is 32.5 Å². The molecule has 3 aromatic rings. The summed E-state index contributed by atoms with van der Waals surface area (Å²) in [5.74, 6) is -0.181. The van der Waals surface area contributed by atoms with Gasteiger partial charge in [0, 0.05) is 28.8 Å². The highest BCUT2D eigenvalue weighted by molar-refractivity contribution is 9.10. The molecule has 0 aliphatic heterocycles. The molecular formula is C16H15BrN4O. The van der Waals surface area contributed by atoms with Gasteiger partial charge < -0.3 is 5.32 Å². The Balaban J connectivity index is 1.91. The predicted octanol–water partition coefficient (Wildman–Crippen LogP) is 3.60. The van der Waals surface area contributed by atoms with Gasteiger partial charge in [-0.3, -0.25) is 9.48 Å². The lowest BCUT2D eigenvalue weighted by Gasteiger charge is -2.07. The van der Waals surface area contributed by atoms with Gasteiger partial charge in [0.15, 0.2) is 5.65 Å². The highest BCUT2D eigenvalue weighted by atomic mass is 79.9. The zero-order chi connectivity index (χ0) is 15.9. The second kappa shape index (κ2) is 5.53. The largest absolute Gasteiger partial charge is 0.322 e. The quantitative estimate of drug-likeness (QED) is 0.761. The fourth-order valence-corrected chi connectivity index (χ4v) is 2.60. The molecule has 22 heavy (non-hydrogen) atoms. The molecule has 112 valence electrons. The third kappa shape index (κ3) is 2.62. The molecule has 1 aromatic carbocycles. The summed E-state index contributed by atoms with van der Waals surface area (Å²) in [6.45, 7) is 3.89. The van der Waals surface area contributed by atoms with Crippen molar-refractivity contribution in [1.82, 2.24) is 14.8 Å².